The van der Waals surface area contributed by atoms with E-state index in [1.54, 1.807) is 17.8 Å². The van der Waals surface area contributed by atoms with Crippen molar-refractivity contribution in [2.45, 2.75) is 9.79 Å². The van der Waals surface area contributed by atoms with E-state index in [1.165, 1.54) is 12.1 Å². The smallest absolute Gasteiger partial charge is 0.124 e. The Hall–Kier alpha value is -1.19. The van der Waals surface area contributed by atoms with Gasteiger partial charge in [-0.3, -0.25) is 0 Å². The number of nitrogens with one attached hydrogen (secondary N) is 1. The highest BCUT2D eigenvalue weighted by Gasteiger charge is 2.15. The molecule has 0 fully saturated rings. The van der Waals surface area contributed by atoms with Crippen molar-refractivity contribution in [3.8, 4) is 0 Å². The Kier molecular flexibility index (Phi) is 2.30. The van der Waals surface area contributed by atoms with Crippen molar-refractivity contribution in [3.05, 3.63) is 47.2 Å². The monoisotopic (exact) mass is 251 g/mol. The third kappa shape index (κ3) is 1.66. The van der Waals surface area contributed by atoms with E-state index >= 15 is 0 Å². The fraction of sp³-hybridized carbons (Fsp3) is 0. The highest BCUT2D eigenvalue weighted by molar-refractivity contribution is 7.99. The lowest BCUT2D eigenvalue weighted by Crippen LogP contribution is -1.99. The molecule has 1 aliphatic rings. The fourth-order valence-electron chi connectivity index (χ4n) is 1.64. The van der Waals surface area contributed by atoms with Crippen LogP contribution in [0.5, 0.6) is 0 Å². The molecule has 0 aliphatic carbocycles. The molecule has 16 heavy (non-hydrogen) atoms. The van der Waals surface area contributed by atoms with E-state index in [4.69, 9.17) is 11.6 Å². The second kappa shape index (κ2) is 3.68. The second-order valence-electron chi connectivity index (χ2n) is 3.51. The summed E-state index contributed by atoms with van der Waals surface area (Å²) in [6.45, 7) is 0. The highest BCUT2D eigenvalue weighted by Crippen LogP contribution is 2.44. The van der Waals surface area contributed by atoms with E-state index in [2.05, 4.69) is 5.32 Å². The minimum absolute atomic E-state index is 0.217. The molecule has 0 atom stereocenters. The van der Waals surface area contributed by atoms with Crippen molar-refractivity contribution in [2.75, 3.05) is 5.32 Å². The molecule has 0 saturated heterocycles. The van der Waals surface area contributed by atoms with Crippen LogP contribution >= 0.6 is 23.4 Å². The van der Waals surface area contributed by atoms with Crippen LogP contribution in [0.15, 0.2) is 46.2 Å². The van der Waals surface area contributed by atoms with E-state index in [9.17, 15) is 4.39 Å². The van der Waals surface area contributed by atoms with Gasteiger partial charge < -0.3 is 5.32 Å². The molecule has 2 aromatic rings. The van der Waals surface area contributed by atoms with E-state index in [0.29, 0.717) is 5.02 Å². The van der Waals surface area contributed by atoms with Crippen LogP contribution in [-0.4, -0.2) is 0 Å². The Morgan fingerprint density at radius 1 is 1.00 bits per heavy atom. The molecule has 1 nitrogen and oxygen atoms in total. The van der Waals surface area contributed by atoms with Crippen LogP contribution in [0.25, 0.3) is 0 Å². The number of hydrogen-bond acceptors (Lipinski definition) is 2. The molecule has 3 rings (SSSR count). The summed E-state index contributed by atoms with van der Waals surface area (Å²) < 4.78 is 13.1. The Balaban J connectivity index is 2.09. The molecule has 0 unspecified atom stereocenters. The number of anilines is 2. The first-order valence-corrected chi connectivity index (χ1v) is 5.96. The van der Waals surface area contributed by atoms with Crippen LogP contribution in [0.4, 0.5) is 15.8 Å². The van der Waals surface area contributed by atoms with Crippen molar-refractivity contribution in [1.29, 1.82) is 0 Å². The molecule has 0 saturated carbocycles. The van der Waals surface area contributed by atoms with Crippen LogP contribution in [0, 0.1) is 5.82 Å². The molecular formula is C12H7ClFNS. The van der Waals surface area contributed by atoms with Crippen molar-refractivity contribution in [1.82, 2.24) is 0 Å². The molecule has 0 amide bonds. The van der Waals surface area contributed by atoms with Gasteiger partial charge in [0.1, 0.15) is 5.82 Å². The molecule has 80 valence electrons. The quantitative estimate of drug-likeness (QED) is 0.622. The summed E-state index contributed by atoms with van der Waals surface area (Å²) in [5.41, 5.74) is 1.89. The number of rotatable bonds is 0. The summed E-state index contributed by atoms with van der Waals surface area (Å²) in [6.07, 6.45) is 0. The standard InChI is InChI=1S/C12H7ClFNS/c13-7-1-4-11-10(5-7)15-9-3-2-8(14)6-12(9)16-11/h1-6,15H. The van der Waals surface area contributed by atoms with Gasteiger partial charge in [0.25, 0.3) is 0 Å². The van der Waals surface area contributed by atoms with Crippen molar-refractivity contribution in [3.63, 3.8) is 0 Å². The van der Waals surface area contributed by atoms with Crippen LogP contribution < -0.4 is 5.32 Å². The van der Waals surface area contributed by atoms with E-state index in [0.717, 1.165) is 21.2 Å². The van der Waals surface area contributed by atoms with Crippen LogP contribution in [0.3, 0.4) is 0 Å². The van der Waals surface area contributed by atoms with Gasteiger partial charge in [-0.25, -0.2) is 4.39 Å². The van der Waals surface area contributed by atoms with Crippen LogP contribution in [-0.2, 0) is 0 Å². The number of hydrogen-bond donors (Lipinski definition) is 1. The summed E-state index contributed by atoms with van der Waals surface area (Å²) in [4.78, 5) is 1.96. The zero-order valence-electron chi connectivity index (χ0n) is 8.13. The van der Waals surface area contributed by atoms with Gasteiger partial charge in [-0.05, 0) is 36.4 Å². The molecule has 0 aromatic heterocycles. The molecule has 2 aromatic carbocycles. The lowest BCUT2D eigenvalue weighted by molar-refractivity contribution is 0.624. The van der Waals surface area contributed by atoms with Gasteiger partial charge in [0.05, 0.1) is 11.4 Å². The Labute approximate surface area is 102 Å². The average Bonchev–Trinajstić information content (AvgIpc) is 2.26. The molecule has 1 aliphatic heterocycles. The van der Waals surface area contributed by atoms with E-state index in [1.807, 2.05) is 18.2 Å². The normalized spacial score (nSPS) is 12.6. The first kappa shape index (κ1) is 10.00. The largest absolute Gasteiger partial charge is 0.354 e. The molecule has 4 heteroatoms. The van der Waals surface area contributed by atoms with Gasteiger partial charge in [-0.15, -0.1) is 0 Å². The molecule has 0 radical (unpaired) electrons. The molecule has 1 heterocycles. The molecule has 0 spiro atoms. The summed E-state index contributed by atoms with van der Waals surface area (Å²) in [7, 11) is 0. The highest BCUT2D eigenvalue weighted by atomic mass is 35.5. The number of halogens is 2. The second-order valence-corrected chi connectivity index (χ2v) is 5.03. The zero-order chi connectivity index (χ0) is 11.1. The van der Waals surface area contributed by atoms with Crippen molar-refractivity contribution >= 4 is 34.7 Å². The maximum absolute atomic E-state index is 13.1. The maximum Gasteiger partial charge on any atom is 0.124 e. The predicted octanol–water partition coefficient (Wildman–Crippen LogP) is 4.69. The SMILES string of the molecule is Fc1ccc2c(c1)Sc1ccc(Cl)cc1N2. The summed E-state index contributed by atoms with van der Waals surface area (Å²) in [5.74, 6) is -0.217. The molecule has 0 bridgehead atoms. The Bertz CT molecular complexity index is 519. The maximum atomic E-state index is 13.1. The third-order valence-electron chi connectivity index (χ3n) is 2.37. The minimum Gasteiger partial charge on any atom is -0.354 e. The topological polar surface area (TPSA) is 12.0 Å². The third-order valence-corrected chi connectivity index (χ3v) is 3.74. The Morgan fingerprint density at radius 2 is 1.88 bits per heavy atom. The summed E-state index contributed by atoms with van der Waals surface area (Å²) in [6, 6.07) is 10.4. The summed E-state index contributed by atoms with van der Waals surface area (Å²) in [5, 5.41) is 3.93. The van der Waals surface area contributed by atoms with Gasteiger partial charge in [-0.2, -0.15) is 0 Å². The van der Waals surface area contributed by atoms with Crippen LogP contribution in [0.1, 0.15) is 0 Å². The first-order chi connectivity index (χ1) is 7.72. The predicted molar refractivity (Wildman–Crippen MR) is 65.3 cm³/mol. The average molecular weight is 252 g/mol. The van der Waals surface area contributed by atoms with Gasteiger partial charge >= 0.3 is 0 Å². The van der Waals surface area contributed by atoms with E-state index < -0.39 is 0 Å². The van der Waals surface area contributed by atoms with Gasteiger partial charge in [0.15, 0.2) is 0 Å². The first-order valence-electron chi connectivity index (χ1n) is 4.76. The van der Waals surface area contributed by atoms with Gasteiger partial charge in [0.2, 0.25) is 0 Å². The number of fused-ring (bicyclic) bond motifs is 2. The lowest BCUT2D eigenvalue weighted by Gasteiger charge is -2.20. The van der Waals surface area contributed by atoms with Crippen molar-refractivity contribution in [2.24, 2.45) is 0 Å². The fourth-order valence-corrected chi connectivity index (χ4v) is 2.80. The molecular weight excluding hydrogens is 245 g/mol. The number of benzene rings is 2. The Morgan fingerprint density at radius 3 is 2.75 bits per heavy atom. The van der Waals surface area contributed by atoms with Gasteiger partial charge in [-0.1, -0.05) is 23.4 Å². The van der Waals surface area contributed by atoms with Crippen LogP contribution in [0.2, 0.25) is 5.02 Å². The summed E-state index contributed by atoms with van der Waals surface area (Å²) >= 11 is 7.46. The minimum atomic E-state index is -0.217. The lowest BCUT2D eigenvalue weighted by atomic mass is 10.2. The zero-order valence-corrected chi connectivity index (χ0v) is 9.70. The van der Waals surface area contributed by atoms with Gasteiger partial charge in [0, 0.05) is 14.8 Å². The van der Waals surface area contributed by atoms with E-state index in [-0.39, 0.29) is 5.82 Å². The molecule has 1 N–H and O–H groups in total. The van der Waals surface area contributed by atoms with Crippen molar-refractivity contribution < 1.29 is 4.39 Å².